The van der Waals surface area contributed by atoms with Crippen LogP contribution in [0.5, 0.6) is 0 Å². The van der Waals surface area contributed by atoms with Crippen molar-refractivity contribution in [3.8, 4) is 0 Å². The van der Waals surface area contributed by atoms with Crippen molar-refractivity contribution in [3.05, 3.63) is 71.0 Å². The van der Waals surface area contributed by atoms with Crippen molar-refractivity contribution in [2.75, 3.05) is 6.54 Å². The molecule has 0 amide bonds. The number of hydrogen-bond acceptors (Lipinski definition) is 1. The predicted octanol–water partition coefficient (Wildman–Crippen LogP) is 3.42. The van der Waals surface area contributed by atoms with Crippen molar-refractivity contribution in [1.82, 2.24) is 0 Å². The lowest BCUT2D eigenvalue weighted by Crippen LogP contribution is -2.15. The van der Waals surface area contributed by atoms with Gasteiger partial charge in [0, 0.05) is 5.92 Å². The monoisotopic (exact) mass is 243 g/mol. The van der Waals surface area contributed by atoms with Crippen molar-refractivity contribution in [3.63, 3.8) is 0 Å². The van der Waals surface area contributed by atoms with E-state index in [1.165, 1.54) is 5.56 Å². The SMILES string of the molecule is Cc1ccc(CC(CN)c2ccccc2)cc1F. The third-order valence-corrected chi connectivity index (χ3v) is 3.27. The summed E-state index contributed by atoms with van der Waals surface area (Å²) in [5, 5.41) is 0. The summed E-state index contributed by atoms with van der Waals surface area (Å²) in [5.74, 6) is 0.102. The van der Waals surface area contributed by atoms with Gasteiger partial charge >= 0.3 is 0 Å². The molecule has 0 aromatic heterocycles. The number of aryl methyl sites for hydroxylation is 1. The molecule has 2 aromatic rings. The summed E-state index contributed by atoms with van der Waals surface area (Å²) >= 11 is 0. The van der Waals surface area contributed by atoms with E-state index in [1.54, 1.807) is 13.0 Å². The van der Waals surface area contributed by atoms with E-state index in [0.717, 1.165) is 12.0 Å². The Labute approximate surface area is 107 Å². The Kier molecular flexibility index (Phi) is 4.11. The summed E-state index contributed by atoms with van der Waals surface area (Å²) in [6, 6.07) is 15.6. The average Bonchev–Trinajstić information content (AvgIpc) is 2.41. The maximum absolute atomic E-state index is 13.5. The van der Waals surface area contributed by atoms with Crippen LogP contribution in [0.2, 0.25) is 0 Å². The van der Waals surface area contributed by atoms with Crippen LogP contribution in [0.3, 0.4) is 0 Å². The van der Waals surface area contributed by atoms with Crippen LogP contribution in [0.1, 0.15) is 22.6 Å². The number of nitrogens with two attached hydrogens (primary N) is 1. The molecule has 0 radical (unpaired) electrons. The van der Waals surface area contributed by atoms with E-state index in [1.807, 2.05) is 30.3 Å². The highest BCUT2D eigenvalue weighted by Crippen LogP contribution is 2.21. The minimum Gasteiger partial charge on any atom is -0.330 e. The van der Waals surface area contributed by atoms with Gasteiger partial charge in [0.25, 0.3) is 0 Å². The zero-order chi connectivity index (χ0) is 13.0. The number of rotatable bonds is 4. The first-order chi connectivity index (χ1) is 8.70. The Hall–Kier alpha value is -1.67. The molecule has 1 nitrogen and oxygen atoms in total. The van der Waals surface area contributed by atoms with Crippen molar-refractivity contribution >= 4 is 0 Å². The second-order valence-corrected chi connectivity index (χ2v) is 4.63. The smallest absolute Gasteiger partial charge is 0.126 e. The molecule has 0 heterocycles. The van der Waals surface area contributed by atoms with Crippen LogP contribution in [0.4, 0.5) is 4.39 Å². The van der Waals surface area contributed by atoms with Gasteiger partial charge in [0.2, 0.25) is 0 Å². The molecule has 0 aliphatic rings. The number of halogens is 1. The number of hydrogen-bond donors (Lipinski definition) is 1. The Morgan fingerprint density at radius 1 is 1.11 bits per heavy atom. The van der Waals surface area contributed by atoms with Gasteiger partial charge in [-0.25, -0.2) is 4.39 Å². The molecule has 2 aromatic carbocycles. The van der Waals surface area contributed by atoms with E-state index in [-0.39, 0.29) is 11.7 Å². The van der Waals surface area contributed by atoms with Crippen molar-refractivity contribution < 1.29 is 4.39 Å². The molecule has 0 spiro atoms. The fourth-order valence-corrected chi connectivity index (χ4v) is 2.11. The molecule has 0 bridgehead atoms. The van der Waals surface area contributed by atoms with Gasteiger partial charge in [-0.2, -0.15) is 0 Å². The van der Waals surface area contributed by atoms with E-state index in [0.29, 0.717) is 12.1 Å². The van der Waals surface area contributed by atoms with Gasteiger partial charge in [-0.05, 0) is 42.6 Å². The van der Waals surface area contributed by atoms with E-state index in [4.69, 9.17) is 5.73 Å². The van der Waals surface area contributed by atoms with E-state index < -0.39 is 0 Å². The molecule has 18 heavy (non-hydrogen) atoms. The predicted molar refractivity (Wildman–Crippen MR) is 73.1 cm³/mol. The third-order valence-electron chi connectivity index (χ3n) is 3.27. The first-order valence-corrected chi connectivity index (χ1v) is 6.20. The molecule has 0 aliphatic carbocycles. The lowest BCUT2D eigenvalue weighted by Gasteiger charge is -2.15. The molecule has 2 N–H and O–H groups in total. The van der Waals surface area contributed by atoms with Crippen LogP contribution < -0.4 is 5.73 Å². The highest BCUT2D eigenvalue weighted by Gasteiger charge is 2.11. The standard InChI is InChI=1S/C16H18FN/c1-12-7-8-13(10-16(12)17)9-15(11-18)14-5-3-2-4-6-14/h2-8,10,15H,9,11,18H2,1H3. The molecule has 0 aliphatic heterocycles. The lowest BCUT2D eigenvalue weighted by atomic mass is 9.92. The van der Waals surface area contributed by atoms with Gasteiger partial charge in [-0.1, -0.05) is 42.5 Å². The summed E-state index contributed by atoms with van der Waals surface area (Å²) in [7, 11) is 0. The summed E-state index contributed by atoms with van der Waals surface area (Å²) in [6.07, 6.45) is 0.776. The van der Waals surface area contributed by atoms with Crippen LogP contribution in [-0.4, -0.2) is 6.54 Å². The molecule has 94 valence electrons. The first kappa shape index (κ1) is 12.8. The normalized spacial score (nSPS) is 12.4. The van der Waals surface area contributed by atoms with Crippen molar-refractivity contribution in [2.45, 2.75) is 19.3 Å². The summed E-state index contributed by atoms with van der Waals surface area (Å²) in [5.41, 5.74) is 8.72. The Morgan fingerprint density at radius 3 is 2.44 bits per heavy atom. The minimum atomic E-state index is -0.142. The maximum atomic E-state index is 13.5. The van der Waals surface area contributed by atoms with Crippen LogP contribution in [0, 0.1) is 12.7 Å². The van der Waals surface area contributed by atoms with Crippen LogP contribution >= 0.6 is 0 Å². The lowest BCUT2D eigenvalue weighted by molar-refractivity contribution is 0.612. The fourth-order valence-electron chi connectivity index (χ4n) is 2.11. The highest BCUT2D eigenvalue weighted by molar-refractivity contribution is 5.27. The topological polar surface area (TPSA) is 26.0 Å². The number of benzene rings is 2. The zero-order valence-corrected chi connectivity index (χ0v) is 10.6. The molecule has 0 saturated carbocycles. The van der Waals surface area contributed by atoms with E-state index in [2.05, 4.69) is 12.1 Å². The zero-order valence-electron chi connectivity index (χ0n) is 10.6. The summed E-state index contributed by atoms with van der Waals surface area (Å²) in [4.78, 5) is 0. The fraction of sp³-hybridized carbons (Fsp3) is 0.250. The Morgan fingerprint density at radius 2 is 1.83 bits per heavy atom. The summed E-state index contributed by atoms with van der Waals surface area (Å²) < 4.78 is 13.5. The quantitative estimate of drug-likeness (QED) is 0.874. The van der Waals surface area contributed by atoms with Gasteiger partial charge in [0.1, 0.15) is 5.82 Å². The Balaban J connectivity index is 2.18. The average molecular weight is 243 g/mol. The molecule has 0 fully saturated rings. The molecular formula is C16H18FN. The molecule has 0 saturated heterocycles. The molecular weight excluding hydrogens is 225 g/mol. The van der Waals surface area contributed by atoms with E-state index in [9.17, 15) is 4.39 Å². The minimum absolute atomic E-state index is 0.142. The van der Waals surface area contributed by atoms with Crippen LogP contribution in [-0.2, 0) is 6.42 Å². The van der Waals surface area contributed by atoms with Gasteiger partial charge in [0.15, 0.2) is 0 Å². The van der Waals surface area contributed by atoms with Gasteiger partial charge in [-0.15, -0.1) is 0 Å². The second-order valence-electron chi connectivity index (χ2n) is 4.63. The van der Waals surface area contributed by atoms with Gasteiger partial charge in [-0.3, -0.25) is 0 Å². The van der Waals surface area contributed by atoms with Gasteiger partial charge < -0.3 is 5.73 Å². The molecule has 1 atom stereocenters. The van der Waals surface area contributed by atoms with E-state index >= 15 is 0 Å². The molecule has 2 heteroatoms. The second kappa shape index (κ2) is 5.78. The Bertz CT molecular complexity index is 508. The van der Waals surface area contributed by atoms with Gasteiger partial charge in [0.05, 0.1) is 0 Å². The van der Waals surface area contributed by atoms with Crippen molar-refractivity contribution in [1.29, 1.82) is 0 Å². The first-order valence-electron chi connectivity index (χ1n) is 6.20. The molecule has 2 rings (SSSR count). The summed E-state index contributed by atoms with van der Waals surface area (Å²) in [6.45, 7) is 2.34. The molecule has 1 unspecified atom stereocenters. The maximum Gasteiger partial charge on any atom is 0.126 e. The van der Waals surface area contributed by atoms with Crippen LogP contribution in [0.25, 0.3) is 0 Å². The van der Waals surface area contributed by atoms with Crippen molar-refractivity contribution in [2.24, 2.45) is 5.73 Å². The van der Waals surface area contributed by atoms with Crippen LogP contribution in [0.15, 0.2) is 48.5 Å². The third kappa shape index (κ3) is 2.96. The largest absolute Gasteiger partial charge is 0.330 e. The highest BCUT2D eigenvalue weighted by atomic mass is 19.1.